The van der Waals surface area contributed by atoms with Crippen LogP contribution < -0.4 is 10.6 Å². The molecule has 6 nitrogen and oxygen atoms in total. The first-order valence-electron chi connectivity index (χ1n) is 5.73. The molecule has 19 heavy (non-hydrogen) atoms. The summed E-state index contributed by atoms with van der Waals surface area (Å²) in [4.78, 5) is 27.1. The fourth-order valence-corrected chi connectivity index (χ4v) is 2.37. The first-order chi connectivity index (χ1) is 9.11. The minimum absolute atomic E-state index is 0.350. The molecule has 2 rings (SSSR count). The molecule has 7 heteroatoms. The molecular weight excluding hydrogens is 264 g/mol. The van der Waals surface area contributed by atoms with Gasteiger partial charge in [-0.2, -0.15) is 0 Å². The van der Waals surface area contributed by atoms with Gasteiger partial charge in [0.25, 0.3) is 0 Å². The quantitative estimate of drug-likeness (QED) is 0.829. The molecule has 0 spiro atoms. The standard InChI is InChI=1S/C12H14N4O2S/c1-8(10(17)15-11(18)13-2)19-12-14-7-9-5-3-4-6-16(9)12/h3-8H,1-2H3,(H2,13,15,17,18)/t8-/m0/s1. The summed E-state index contributed by atoms with van der Waals surface area (Å²) in [6.07, 6.45) is 3.62. The summed E-state index contributed by atoms with van der Waals surface area (Å²) in [7, 11) is 1.46. The molecular formula is C12H14N4O2S. The topological polar surface area (TPSA) is 75.5 Å². The van der Waals surface area contributed by atoms with E-state index >= 15 is 0 Å². The fourth-order valence-electron chi connectivity index (χ4n) is 1.49. The molecule has 0 aliphatic carbocycles. The maximum Gasteiger partial charge on any atom is 0.321 e. The van der Waals surface area contributed by atoms with E-state index in [9.17, 15) is 9.59 Å². The molecule has 3 amide bonds. The fraction of sp³-hybridized carbons (Fsp3) is 0.250. The summed E-state index contributed by atoms with van der Waals surface area (Å²) < 4.78 is 1.90. The van der Waals surface area contributed by atoms with Crippen LogP contribution in [0.5, 0.6) is 0 Å². The predicted molar refractivity (Wildman–Crippen MR) is 73.1 cm³/mol. The third kappa shape index (κ3) is 3.05. The predicted octanol–water partition coefficient (Wildman–Crippen LogP) is 1.27. The zero-order valence-corrected chi connectivity index (χ0v) is 11.4. The SMILES string of the molecule is CNC(=O)NC(=O)[C@H](C)Sc1ncc2ccccn12. The largest absolute Gasteiger partial charge is 0.341 e. The molecule has 0 saturated carbocycles. The highest BCUT2D eigenvalue weighted by Crippen LogP contribution is 2.22. The molecule has 0 fully saturated rings. The Morgan fingerprint density at radius 3 is 2.95 bits per heavy atom. The lowest BCUT2D eigenvalue weighted by Crippen LogP contribution is -2.41. The van der Waals surface area contributed by atoms with Crippen molar-refractivity contribution in [3.05, 3.63) is 30.6 Å². The van der Waals surface area contributed by atoms with Crippen LogP contribution in [-0.2, 0) is 4.79 Å². The highest BCUT2D eigenvalue weighted by molar-refractivity contribution is 8.00. The highest BCUT2D eigenvalue weighted by Gasteiger charge is 2.18. The van der Waals surface area contributed by atoms with Crippen LogP contribution in [0.2, 0.25) is 0 Å². The van der Waals surface area contributed by atoms with E-state index in [1.54, 1.807) is 13.1 Å². The number of amides is 3. The maximum absolute atomic E-state index is 11.7. The number of urea groups is 1. The normalized spacial score (nSPS) is 12.1. The molecule has 2 N–H and O–H groups in total. The number of nitrogens with one attached hydrogen (secondary N) is 2. The van der Waals surface area contributed by atoms with Gasteiger partial charge in [-0.05, 0) is 19.1 Å². The Morgan fingerprint density at radius 2 is 2.21 bits per heavy atom. The second-order valence-corrected chi connectivity index (χ2v) is 5.17. The van der Waals surface area contributed by atoms with Crippen LogP contribution in [0.25, 0.3) is 5.52 Å². The summed E-state index contributed by atoms with van der Waals surface area (Å²) in [6.45, 7) is 1.73. The van der Waals surface area contributed by atoms with E-state index in [0.29, 0.717) is 0 Å². The van der Waals surface area contributed by atoms with Crippen molar-refractivity contribution in [2.45, 2.75) is 17.3 Å². The second-order valence-electron chi connectivity index (χ2n) is 3.86. The molecule has 0 bridgehead atoms. The zero-order chi connectivity index (χ0) is 13.8. The first-order valence-corrected chi connectivity index (χ1v) is 6.61. The van der Waals surface area contributed by atoms with Crippen molar-refractivity contribution in [3.8, 4) is 0 Å². The first kappa shape index (κ1) is 13.4. The molecule has 100 valence electrons. The number of aromatic nitrogens is 2. The number of pyridine rings is 1. The van der Waals surface area contributed by atoms with Gasteiger partial charge in [0, 0.05) is 13.2 Å². The van der Waals surface area contributed by atoms with Gasteiger partial charge in [-0.3, -0.25) is 14.5 Å². The van der Waals surface area contributed by atoms with Crippen molar-refractivity contribution in [3.63, 3.8) is 0 Å². The van der Waals surface area contributed by atoms with Crippen molar-refractivity contribution < 1.29 is 9.59 Å². The highest BCUT2D eigenvalue weighted by atomic mass is 32.2. The van der Waals surface area contributed by atoms with Crippen LogP contribution in [-0.4, -0.2) is 33.6 Å². The number of carbonyl (C=O) groups is 2. The van der Waals surface area contributed by atoms with Gasteiger partial charge < -0.3 is 5.32 Å². The van der Waals surface area contributed by atoms with Gasteiger partial charge in [0.15, 0.2) is 5.16 Å². The number of imidazole rings is 1. The minimum Gasteiger partial charge on any atom is -0.341 e. The van der Waals surface area contributed by atoms with E-state index in [1.807, 2.05) is 28.8 Å². The molecule has 2 aromatic rings. The van der Waals surface area contributed by atoms with Crippen LogP contribution in [0, 0.1) is 0 Å². The summed E-state index contributed by atoms with van der Waals surface area (Å²) in [5, 5.41) is 4.89. The molecule has 0 radical (unpaired) electrons. The summed E-state index contributed by atoms with van der Waals surface area (Å²) in [6, 6.07) is 5.25. The average molecular weight is 278 g/mol. The van der Waals surface area contributed by atoms with Crippen LogP contribution in [0.1, 0.15) is 6.92 Å². The van der Waals surface area contributed by atoms with Gasteiger partial charge >= 0.3 is 6.03 Å². The Bertz CT molecular complexity index is 611. The van der Waals surface area contributed by atoms with Crippen molar-refractivity contribution >= 4 is 29.2 Å². The number of carbonyl (C=O) groups excluding carboxylic acids is 2. The Labute approximate surface area is 114 Å². The summed E-state index contributed by atoms with van der Waals surface area (Å²) >= 11 is 1.30. The third-order valence-electron chi connectivity index (χ3n) is 2.52. The molecule has 1 atom stereocenters. The number of fused-ring (bicyclic) bond motifs is 1. The Balaban J connectivity index is 2.08. The number of hydrogen-bond donors (Lipinski definition) is 2. The van der Waals surface area contributed by atoms with Crippen LogP contribution in [0.3, 0.4) is 0 Å². The van der Waals surface area contributed by atoms with E-state index < -0.39 is 11.3 Å². The molecule has 2 aromatic heterocycles. The number of nitrogens with zero attached hydrogens (tertiary/aromatic N) is 2. The van der Waals surface area contributed by atoms with Crippen LogP contribution in [0.15, 0.2) is 35.7 Å². The monoisotopic (exact) mass is 278 g/mol. The van der Waals surface area contributed by atoms with Gasteiger partial charge in [0.05, 0.1) is 17.0 Å². The van der Waals surface area contributed by atoms with Gasteiger partial charge in [-0.15, -0.1) is 0 Å². The van der Waals surface area contributed by atoms with Gasteiger partial charge in [-0.25, -0.2) is 9.78 Å². The van der Waals surface area contributed by atoms with Crippen molar-refractivity contribution in [2.75, 3.05) is 7.05 Å². The molecule has 0 aliphatic rings. The molecule has 0 aliphatic heterocycles. The average Bonchev–Trinajstić information content (AvgIpc) is 2.82. The van der Waals surface area contributed by atoms with Crippen molar-refractivity contribution in [1.82, 2.24) is 20.0 Å². The number of rotatable bonds is 3. The lowest BCUT2D eigenvalue weighted by Gasteiger charge is -2.09. The van der Waals surface area contributed by atoms with E-state index in [1.165, 1.54) is 18.8 Å². The van der Waals surface area contributed by atoms with Crippen LogP contribution >= 0.6 is 11.8 Å². The minimum atomic E-state index is -0.509. The van der Waals surface area contributed by atoms with Gasteiger partial charge in [0.2, 0.25) is 5.91 Å². The van der Waals surface area contributed by atoms with E-state index in [0.717, 1.165) is 10.7 Å². The summed E-state index contributed by atoms with van der Waals surface area (Å²) in [5.41, 5.74) is 0.962. The zero-order valence-electron chi connectivity index (χ0n) is 10.6. The van der Waals surface area contributed by atoms with Gasteiger partial charge in [0.1, 0.15) is 0 Å². The lowest BCUT2D eigenvalue weighted by atomic mass is 10.4. The lowest BCUT2D eigenvalue weighted by molar-refractivity contribution is -0.119. The molecule has 0 aromatic carbocycles. The van der Waals surface area contributed by atoms with Gasteiger partial charge in [-0.1, -0.05) is 17.8 Å². The Hall–Kier alpha value is -2.02. The number of hydrogen-bond acceptors (Lipinski definition) is 4. The van der Waals surface area contributed by atoms with Crippen LogP contribution in [0.4, 0.5) is 4.79 Å². The Kier molecular flexibility index (Phi) is 4.06. The third-order valence-corrected chi connectivity index (χ3v) is 3.60. The molecule has 0 unspecified atom stereocenters. The van der Waals surface area contributed by atoms with E-state index in [-0.39, 0.29) is 5.91 Å². The van der Waals surface area contributed by atoms with E-state index in [2.05, 4.69) is 15.6 Å². The number of thioether (sulfide) groups is 1. The van der Waals surface area contributed by atoms with Crippen molar-refractivity contribution in [2.24, 2.45) is 0 Å². The smallest absolute Gasteiger partial charge is 0.321 e. The molecule has 0 saturated heterocycles. The molecule has 2 heterocycles. The summed E-state index contributed by atoms with van der Waals surface area (Å²) in [5.74, 6) is -0.350. The van der Waals surface area contributed by atoms with Crippen molar-refractivity contribution in [1.29, 1.82) is 0 Å². The number of imide groups is 1. The Morgan fingerprint density at radius 1 is 1.42 bits per heavy atom. The second kappa shape index (κ2) is 5.75. The maximum atomic E-state index is 11.7. The van der Waals surface area contributed by atoms with E-state index in [4.69, 9.17) is 0 Å².